The van der Waals surface area contributed by atoms with Crippen LogP contribution in [0.15, 0.2) is 24.3 Å². The second-order valence-electron chi connectivity index (χ2n) is 5.53. The number of aromatic nitrogens is 1. The first-order chi connectivity index (χ1) is 10.3. The minimum Gasteiger partial charge on any atom is -0.378 e. The fraction of sp³-hybridized carbons (Fsp3) is 0.471. The van der Waals surface area contributed by atoms with Crippen LogP contribution in [0.25, 0.3) is 10.6 Å². The van der Waals surface area contributed by atoms with Gasteiger partial charge < -0.3 is 10.1 Å². The maximum Gasteiger partial charge on any atom is 0.124 e. The van der Waals surface area contributed by atoms with E-state index in [0.29, 0.717) is 6.61 Å². The number of nitrogens with one attached hydrogen (secondary N) is 1. The van der Waals surface area contributed by atoms with Gasteiger partial charge in [0.2, 0.25) is 0 Å². The van der Waals surface area contributed by atoms with Gasteiger partial charge in [-0.05, 0) is 24.8 Å². The number of thiazole rings is 1. The van der Waals surface area contributed by atoms with Crippen LogP contribution in [0.3, 0.4) is 0 Å². The Morgan fingerprint density at radius 3 is 2.67 bits per heavy atom. The first kappa shape index (κ1) is 14.7. The molecule has 0 atom stereocenters. The van der Waals surface area contributed by atoms with Crippen LogP contribution in [0.4, 0.5) is 0 Å². The highest BCUT2D eigenvalue weighted by Gasteiger charge is 2.21. The molecule has 1 aromatic carbocycles. The number of benzene rings is 1. The summed E-state index contributed by atoms with van der Waals surface area (Å²) in [7, 11) is 1.73. The number of ether oxygens (including phenoxy) is 1. The standard InChI is InChI=1S/C17H22N2OS/c1-3-12-4-6-13(7-5-12)17-19-15(11-20-2)16(21-17)10-18-14-8-9-14/h4-7,14,18H,3,8-11H2,1-2H3. The Labute approximate surface area is 130 Å². The predicted molar refractivity (Wildman–Crippen MR) is 87.5 cm³/mol. The summed E-state index contributed by atoms with van der Waals surface area (Å²) in [5.74, 6) is 0. The number of hydrogen-bond acceptors (Lipinski definition) is 4. The summed E-state index contributed by atoms with van der Waals surface area (Å²) in [6.07, 6.45) is 3.69. The minimum atomic E-state index is 0.589. The zero-order chi connectivity index (χ0) is 14.7. The van der Waals surface area contributed by atoms with Crippen molar-refractivity contribution in [2.45, 2.75) is 45.4 Å². The van der Waals surface area contributed by atoms with E-state index in [4.69, 9.17) is 9.72 Å². The summed E-state index contributed by atoms with van der Waals surface area (Å²) in [6, 6.07) is 9.44. The molecule has 3 rings (SSSR count). The molecular formula is C17H22N2OS. The van der Waals surface area contributed by atoms with Gasteiger partial charge in [0.1, 0.15) is 5.01 Å². The quantitative estimate of drug-likeness (QED) is 0.845. The van der Waals surface area contributed by atoms with Crippen molar-refractivity contribution in [1.82, 2.24) is 10.3 Å². The Kier molecular flexibility index (Phi) is 4.68. The molecule has 0 amide bonds. The van der Waals surface area contributed by atoms with E-state index >= 15 is 0 Å². The van der Waals surface area contributed by atoms with E-state index in [9.17, 15) is 0 Å². The lowest BCUT2D eigenvalue weighted by Gasteiger charge is -2.02. The molecule has 1 aliphatic rings. The number of hydrogen-bond donors (Lipinski definition) is 1. The van der Waals surface area contributed by atoms with Gasteiger partial charge in [0.15, 0.2) is 0 Å². The fourth-order valence-electron chi connectivity index (χ4n) is 2.30. The summed E-state index contributed by atoms with van der Waals surface area (Å²) in [5, 5.41) is 4.66. The summed E-state index contributed by atoms with van der Waals surface area (Å²) in [4.78, 5) is 6.08. The summed E-state index contributed by atoms with van der Waals surface area (Å²) >= 11 is 1.78. The summed E-state index contributed by atoms with van der Waals surface area (Å²) in [5.41, 5.74) is 3.64. The maximum absolute atomic E-state index is 5.29. The van der Waals surface area contributed by atoms with Gasteiger partial charge in [-0.2, -0.15) is 0 Å². The second kappa shape index (κ2) is 6.69. The molecule has 0 saturated heterocycles. The van der Waals surface area contributed by atoms with Gasteiger partial charge in [-0.3, -0.25) is 0 Å². The molecule has 0 spiro atoms. The van der Waals surface area contributed by atoms with Gasteiger partial charge in [-0.25, -0.2) is 4.98 Å². The molecule has 112 valence electrons. The first-order valence-electron chi connectivity index (χ1n) is 7.60. The molecular weight excluding hydrogens is 280 g/mol. The molecule has 0 radical (unpaired) electrons. The Hall–Kier alpha value is -1.23. The third-order valence-corrected chi connectivity index (χ3v) is 4.94. The molecule has 1 N–H and O–H groups in total. The van der Waals surface area contributed by atoms with Crippen molar-refractivity contribution in [3.05, 3.63) is 40.4 Å². The zero-order valence-corrected chi connectivity index (χ0v) is 13.5. The number of methoxy groups -OCH3 is 1. The molecule has 2 aromatic rings. The monoisotopic (exact) mass is 302 g/mol. The second-order valence-corrected chi connectivity index (χ2v) is 6.61. The van der Waals surface area contributed by atoms with Crippen molar-refractivity contribution in [2.24, 2.45) is 0 Å². The van der Waals surface area contributed by atoms with Crippen LogP contribution in [0, 0.1) is 0 Å². The zero-order valence-electron chi connectivity index (χ0n) is 12.7. The molecule has 3 nitrogen and oxygen atoms in total. The van der Waals surface area contributed by atoms with Crippen LogP contribution in [0.2, 0.25) is 0 Å². The normalized spacial score (nSPS) is 14.6. The van der Waals surface area contributed by atoms with E-state index in [2.05, 4.69) is 36.5 Å². The van der Waals surface area contributed by atoms with Crippen molar-refractivity contribution in [1.29, 1.82) is 0 Å². The summed E-state index contributed by atoms with van der Waals surface area (Å²) < 4.78 is 5.29. The van der Waals surface area contributed by atoms with Gasteiger partial charge in [-0.15, -0.1) is 11.3 Å². The van der Waals surface area contributed by atoms with Crippen LogP contribution >= 0.6 is 11.3 Å². The van der Waals surface area contributed by atoms with Gasteiger partial charge in [-0.1, -0.05) is 31.2 Å². The smallest absolute Gasteiger partial charge is 0.124 e. The third-order valence-electron chi connectivity index (χ3n) is 3.80. The molecule has 0 bridgehead atoms. The van der Waals surface area contributed by atoms with E-state index in [0.717, 1.165) is 29.7 Å². The number of nitrogens with zero attached hydrogens (tertiary/aromatic N) is 1. The van der Waals surface area contributed by atoms with Crippen LogP contribution in [-0.4, -0.2) is 18.1 Å². The Balaban J connectivity index is 1.80. The van der Waals surface area contributed by atoms with Gasteiger partial charge in [0, 0.05) is 30.1 Å². The molecule has 1 aromatic heterocycles. The molecule has 4 heteroatoms. The van der Waals surface area contributed by atoms with Crippen LogP contribution in [0.1, 0.15) is 35.9 Å². The highest BCUT2D eigenvalue weighted by molar-refractivity contribution is 7.15. The topological polar surface area (TPSA) is 34.1 Å². The van der Waals surface area contributed by atoms with E-state index in [1.165, 1.54) is 28.8 Å². The lowest BCUT2D eigenvalue weighted by atomic mass is 10.1. The van der Waals surface area contributed by atoms with Crippen LogP contribution < -0.4 is 5.32 Å². The van der Waals surface area contributed by atoms with E-state index in [-0.39, 0.29) is 0 Å². The fourth-order valence-corrected chi connectivity index (χ4v) is 3.32. The van der Waals surface area contributed by atoms with Crippen molar-refractivity contribution in [3.8, 4) is 10.6 Å². The highest BCUT2D eigenvalue weighted by Crippen LogP contribution is 2.30. The number of aryl methyl sites for hydroxylation is 1. The molecule has 0 aliphatic heterocycles. The van der Waals surface area contributed by atoms with E-state index in [1.54, 1.807) is 18.4 Å². The predicted octanol–water partition coefficient (Wildman–Crippen LogP) is 3.77. The average Bonchev–Trinajstić information content (AvgIpc) is 3.27. The molecule has 1 aliphatic carbocycles. The van der Waals surface area contributed by atoms with E-state index < -0.39 is 0 Å². The SMILES string of the molecule is CCc1ccc(-c2nc(COC)c(CNC3CC3)s2)cc1. The number of rotatable bonds is 7. The lowest BCUT2D eigenvalue weighted by molar-refractivity contribution is 0.181. The highest BCUT2D eigenvalue weighted by atomic mass is 32.1. The molecule has 21 heavy (non-hydrogen) atoms. The largest absolute Gasteiger partial charge is 0.378 e. The van der Waals surface area contributed by atoms with Crippen molar-refractivity contribution >= 4 is 11.3 Å². The average molecular weight is 302 g/mol. The molecule has 1 fully saturated rings. The molecule has 0 unspecified atom stereocenters. The lowest BCUT2D eigenvalue weighted by Crippen LogP contribution is -2.15. The van der Waals surface area contributed by atoms with Crippen molar-refractivity contribution in [2.75, 3.05) is 7.11 Å². The van der Waals surface area contributed by atoms with Crippen LogP contribution in [0.5, 0.6) is 0 Å². The Morgan fingerprint density at radius 1 is 1.29 bits per heavy atom. The Bertz CT molecular complexity index is 587. The minimum absolute atomic E-state index is 0.589. The third kappa shape index (κ3) is 3.70. The van der Waals surface area contributed by atoms with Gasteiger partial charge in [0.05, 0.1) is 12.3 Å². The first-order valence-corrected chi connectivity index (χ1v) is 8.42. The van der Waals surface area contributed by atoms with Crippen LogP contribution in [-0.2, 0) is 24.3 Å². The molecule has 1 saturated carbocycles. The van der Waals surface area contributed by atoms with Crippen molar-refractivity contribution in [3.63, 3.8) is 0 Å². The maximum atomic E-state index is 5.29. The Morgan fingerprint density at radius 2 is 2.05 bits per heavy atom. The van der Waals surface area contributed by atoms with Gasteiger partial charge >= 0.3 is 0 Å². The van der Waals surface area contributed by atoms with E-state index in [1.807, 2.05) is 0 Å². The molecule has 1 heterocycles. The van der Waals surface area contributed by atoms with Gasteiger partial charge in [0.25, 0.3) is 0 Å². The summed E-state index contributed by atoms with van der Waals surface area (Å²) in [6.45, 7) is 3.68. The van der Waals surface area contributed by atoms with Crippen molar-refractivity contribution < 1.29 is 4.74 Å².